The van der Waals surface area contributed by atoms with E-state index < -0.39 is 0 Å². The van der Waals surface area contributed by atoms with Crippen LogP contribution in [0.3, 0.4) is 0 Å². The highest BCUT2D eigenvalue weighted by molar-refractivity contribution is 5.68. The van der Waals surface area contributed by atoms with Crippen LogP contribution in [0.2, 0.25) is 0 Å². The van der Waals surface area contributed by atoms with Gasteiger partial charge in [-0.15, -0.1) is 5.10 Å². The maximum atomic E-state index is 15.1. The lowest BCUT2D eigenvalue weighted by atomic mass is 9.90. The fraction of sp³-hybridized carbons (Fsp3) is 0.480. The van der Waals surface area contributed by atoms with Gasteiger partial charge in [0.25, 0.3) is 0 Å². The molecule has 2 aliphatic heterocycles. The van der Waals surface area contributed by atoms with Crippen LogP contribution < -0.4 is 10.2 Å². The number of ether oxygens (including phenoxy) is 1. The molecular formula is C25H31FN6O. The van der Waals surface area contributed by atoms with Crippen molar-refractivity contribution in [3.8, 4) is 11.3 Å². The number of benzene rings is 1. The van der Waals surface area contributed by atoms with Gasteiger partial charge in [-0.2, -0.15) is 0 Å². The van der Waals surface area contributed by atoms with Gasteiger partial charge in [-0.1, -0.05) is 11.3 Å². The van der Waals surface area contributed by atoms with E-state index in [1.807, 2.05) is 42.1 Å². The van der Waals surface area contributed by atoms with Gasteiger partial charge in [0.15, 0.2) is 0 Å². The van der Waals surface area contributed by atoms with Gasteiger partial charge in [0.2, 0.25) is 0 Å². The summed E-state index contributed by atoms with van der Waals surface area (Å²) in [5, 5.41) is 12.1. The van der Waals surface area contributed by atoms with Crippen LogP contribution in [-0.4, -0.2) is 51.3 Å². The first-order valence-electron chi connectivity index (χ1n) is 11.7. The minimum atomic E-state index is -0.229. The summed E-state index contributed by atoms with van der Waals surface area (Å²) in [6, 6.07) is 9.42. The van der Waals surface area contributed by atoms with Crippen LogP contribution in [0.1, 0.15) is 37.4 Å². The van der Waals surface area contributed by atoms with Crippen molar-refractivity contribution in [2.75, 3.05) is 24.6 Å². The van der Waals surface area contributed by atoms with Crippen molar-refractivity contribution < 1.29 is 9.13 Å². The van der Waals surface area contributed by atoms with Gasteiger partial charge in [-0.25, -0.2) is 9.07 Å². The summed E-state index contributed by atoms with van der Waals surface area (Å²) in [7, 11) is 0. The first kappa shape index (κ1) is 22.0. The van der Waals surface area contributed by atoms with Crippen LogP contribution >= 0.6 is 0 Å². The highest BCUT2D eigenvalue weighted by Gasteiger charge is 2.39. The Morgan fingerprint density at radius 1 is 1.24 bits per heavy atom. The summed E-state index contributed by atoms with van der Waals surface area (Å²) in [6.07, 6.45) is 7.23. The Balaban J connectivity index is 1.23. The summed E-state index contributed by atoms with van der Waals surface area (Å²) in [5.74, 6) is -0.229. The fourth-order valence-electron chi connectivity index (χ4n) is 4.74. The van der Waals surface area contributed by atoms with Gasteiger partial charge in [0.05, 0.1) is 35.8 Å². The van der Waals surface area contributed by atoms with E-state index in [1.165, 1.54) is 6.42 Å². The molecule has 33 heavy (non-hydrogen) atoms. The molecule has 4 heterocycles. The molecule has 0 saturated carbocycles. The van der Waals surface area contributed by atoms with Crippen molar-refractivity contribution in [1.29, 1.82) is 0 Å². The highest BCUT2D eigenvalue weighted by Crippen LogP contribution is 2.34. The lowest BCUT2D eigenvalue weighted by molar-refractivity contribution is 0.00370. The largest absolute Gasteiger partial charge is 0.376 e. The molecule has 2 fully saturated rings. The van der Waals surface area contributed by atoms with E-state index in [0.29, 0.717) is 24.5 Å². The van der Waals surface area contributed by atoms with Crippen LogP contribution in [0.15, 0.2) is 42.7 Å². The van der Waals surface area contributed by atoms with Crippen LogP contribution in [-0.2, 0) is 17.8 Å². The lowest BCUT2D eigenvalue weighted by Crippen LogP contribution is -2.67. The molecule has 1 aromatic carbocycles. The summed E-state index contributed by atoms with van der Waals surface area (Å²) in [6.45, 7) is 7.85. The van der Waals surface area contributed by atoms with Crippen molar-refractivity contribution >= 4 is 5.69 Å². The number of nitrogens with one attached hydrogen (secondary N) is 1. The smallest absolute Gasteiger partial charge is 0.147 e. The number of hydrogen-bond acceptors (Lipinski definition) is 6. The van der Waals surface area contributed by atoms with Crippen molar-refractivity contribution in [3.05, 3.63) is 59.8 Å². The molecule has 1 atom stereocenters. The third kappa shape index (κ3) is 4.91. The first-order valence-corrected chi connectivity index (χ1v) is 11.7. The Labute approximate surface area is 194 Å². The SMILES string of the molecule is Cc1cc(N2CC(C)(NCc3ccccn3)C2)c(F)cc1-c1cn(CC2CCCCO2)nn1. The van der Waals surface area contributed by atoms with Crippen molar-refractivity contribution in [3.63, 3.8) is 0 Å². The average Bonchev–Trinajstić information content (AvgIpc) is 3.27. The molecule has 5 rings (SSSR count). The van der Waals surface area contributed by atoms with E-state index in [2.05, 4.69) is 32.4 Å². The molecule has 8 heteroatoms. The Kier molecular flexibility index (Phi) is 6.12. The number of pyridine rings is 1. The van der Waals surface area contributed by atoms with Crippen LogP contribution in [0.5, 0.6) is 0 Å². The monoisotopic (exact) mass is 450 g/mol. The average molecular weight is 451 g/mol. The van der Waals surface area contributed by atoms with Crippen LogP contribution in [0, 0.1) is 12.7 Å². The molecule has 7 nitrogen and oxygen atoms in total. The molecule has 2 aliphatic rings. The summed E-state index contributed by atoms with van der Waals surface area (Å²) >= 11 is 0. The van der Waals surface area contributed by atoms with Crippen LogP contribution in [0.25, 0.3) is 11.3 Å². The molecule has 3 aromatic rings. The highest BCUT2D eigenvalue weighted by atomic mass is 19.1. The number of aromatic nitrogens is 4. The third-order valence-electron chi connectivity index (χ3n) is 6.62. The minimum Gasteiger partial charge on any atom is -0.376 e. The molecule has 0 spiro atoms. The lowest BCUT2D eigenvalue weighted by Gasteiger charge is -2.50. The first-order chi connectivity index (χ1) is 16.0. The molecule has 0 bridgehead atoms. The van der Waals surface area contributed by atoms with Crippen molar-refractivity contribution in [2.45, 2.75) is 57.8 Å². The summed E-state index contributed by atoms with van der Waals surface area (Å²) < 4.78 is 22.7. The number of halogens is 1. The standard InChI is InChI=1S/C25H31FN6O/c1-18-11-24(31-16-25(2,17-31)28-13-19-7-3-5-9-27-19)22(26)12-21(18)23-15-32(30-29-23)14-20-8-4-6-10-33-20/h3,5,7,9,11-12,15,20,28H,4,6,8,10,13-14,16-17H2,1-2H3. The Bertz CT molecular complexity index is 1090. The number of anilines is 1. The fourth-order valence-corrected chi connectivity index (χ4v) is 4.74. The zero-order chi connectivity index (χ0) is 22.8. The summed E-state index contributed by atoms with van der Waals surface area (Å²) in [5.41, 5.74) is 4.04. The van der Waals surface area contributed by atoms with Gasteiger partial charge in [0, 0.05) is 38.0 Å². The Morgan fingerprint density at radius 3 is 2.88 bits per heavy atom. The maximum absolute atomic E-state index is 15.1. The van der Waals surface area contributed by atoms with Gasteiger partial charge in [-0.05, 0) is 62.9 Å². The molecular weight excluding hydrogens is 419 g/mol. The van der Waals surface area contributed by atoms with E-state index in [9.17, 15) is 0 Å². The second-order valence-electron chi connectivity index (χ2n) is 9.52. The zero-order valence-corrected chi connectivity index (χ0v) is 19.3. The van der Waals surface area contributed by atoms with Gasteiger partial charge in [0.1, 0.15) is 11.5 Å². The maximum Gasteiger partial charge on any atom is 0.147 e. The second kappa shape index (κ2) is 9.19. The van der Waals surface area contributed by atoms with Gasteiger partial charge >= 0.3 is 0 Å². The number of hydrogen-bond donors (Lipinski definition) is 1. The molecule has 2 aromatic heterocycles. The van der Waals surface area contributed by atoms with Gasteiger partial charge < -0.3 is 15.0 Å². The minimum absolute atomic E-state index is 0.0690. The van der Waals surface area contributed by atoms with E-state index >= 15 is 4.39 Å². The predicted octanol–water partition coefficient (Wildman–Crippen LogP) is 3.73. The molecule has 2 saturated heterocycles. The van der Waals surface area contributed by atoms with E-state index in [1.54, 1.807) is 12.3 Å². The van der Waals surface area contributed by atoms with Crippen LogP contribution in [0.4, 0.5) is 10.1 Å². The Morgan fingerprint density at radius 2 is 2.12 bits per heavy atom. The molecule has 1 unspecified atom stereocenters. The summed E-state index contributed by atoms with van der Waals surface area (Å²) in [4.78, 5) is 6.44. The quantitative estimate of drug-likeness (QED) is 0.592. The van der Waals surface area contributed by atoms with Crippen molar-refractivity contribution in [2.24, 2.45) is 0 Å². The van der Waals surface area contributed by atoms with Crippen molar-refractivity contribution in [1.82, 2.24) is 25.3 Å². The van der Waals surface area contributed by atoms with Gasteiger partial charge in [-0.3, -0.25) is 4.98 Å². The van der Waals surface area contributed by atoms with E-state index in [-0.39, 0.29) is 17.5 Å². The number of nitrogens with zero attached hydrogens (tertiary/aromatic N) is 5. The normalized spacial score (nSPS) is 20.0. The molecule has 1 N–H and O–H groups in total. The topological polar surface area (TPSA) is 68.1 Å². The zero-order valence-electron chi connectivity index (χ0n) is 19.3. The third-order valence-corrected chi connectivity index (χ3v) is 6.62. The predicted molar refractivity (Wildman–Crippen MR) is 125 cm³/mol. The van der Waals surface area contributed by atoms with E-state index in [4.69, 9.17) is 4.74 Å². The molecule has 0 radical (unpaired) electrons. The Hall–Kier alpha value is -2.84. The number of rotatable bonds is 7. The van der Waals surface area contributed by atoms with E-state index in [0.717, 1.165) is 49.4 Å². The molecule has 0 aliphatic carbocycles. The molecule has 174 valence electrons. The molecule has 0 amide bonds. The number of aryl methyl sites for hydroxylation is 1. The second-order valence-corrected chi connectivity index (χ2v) is 9.52.